The van der Waals surface area contributed by atoms with Crippen LogP contribution in [0.1, 0.15) is 35.2 Å². The van der Waals surface area contributed by atoms with E-state index in [1.54, 1.807) is 0 Å². The van der Waals surface area contributed by atoms with E-state index in [-0.39, 0.29) is 24.5 Å². The summed E-state index contributed by atoms with van der Waals surface area (Å²) in [4.78, 5) is 28.7. The van der Waals surface area contributed by atoms with E-state index in [1.807, 2.05) is 31.2 Å². The van der Waals surface area contributed by atoms with Crippen LogP contribution in [0.25, 0.3) is 0 Å². The zero-order valence-electron chi connectivity index (χ0n) is 14.9. The Morgan fingerprint density at radius 1 is 1.04 bits per heavy atom. The molecule has 0 atom stereocenters. The lowest BCUT2D eigenvalue weighted by Gasteiger charge is -2.32. The molecule has 5 nitrogen and oxygen atoms in total. The molecule has 1 aliphatic rings. The third kappa shape index (κ3) is 6.42. The normalized spacial score (nSPS) is 16.1. The summed E-state index contributed by atoms with van der Waals surface area (Å²) in [7, 11) is 2.15. The van der Waals surface area contributed by atoms with Crippen LogP contribution < -0.4 is 5.32 Å². The first-order chi connectivity index (χ1) is 11.5. The summed E-state index contributed by atoms with van der Waals surface area (Å²) < 4.78 is 0. The van der Waals surface area contributed by atoms with Crippen molar-refractivity contribution in [2.45, 2.75) is 26.2 Å². The summed E-state index contributed by atoms with van der Waals surface area (Å²) in [5, 5.41) is 2.92. The molecule has 24 heavy (non-hydrogen) atoms. The number of nitrogens with one attached hydrogen (secondary N) is 1. The Morgan fingerprint density at radius 3 is 2.38 bits per heavy atom. The monoisotopic (exact) mass is 331 g/mol. The van der Waals surface area contributed by atoms with E-state index >= 15 is 0 Å². The molecule has 0 aliphatic carbocycles. The summed E-state index contributed by atoms with van der Waals surface area (Å²) in [5.41, 5.74) is 1.81. The van der Waals surface area contributed by atoms with Gasteiger partial charge in [0.25, 0.3) is 0 Å². The lowest BCUT2D eigenvalue weighted by atomic mass is 10.1. The lowest BCUT2D eigenvalue weighted by molar-refractivity contribution is -0.121. The molecule has 0 bridgehead atoms. The van der Waals surface area contributed by atoms with Crippen LogP contribution in [0.2, 0.25) is 0 Å². The fourth-order valence-electron chi connectivity index (χ4n) is 2.80. The number of hydrogen-bond donors (Lipinski definition) is 1. The highest BCUT2D eigenvalue weighted by molar-refractivity contribution is 5.97. The van der Waals surface area contributed by atoms with Gasteiger partial charge in [0.1, 0.15) is 0 Å². The smallest absolute Gasteiger partial charge is 0.220 e. The van der Waals surface area contributed by atoms with Gasteiger partial charge in [-0.05, 0) is 26.9 Å². The second-order valence-corrected chi connectivity index (χ2v) is 6.64. The minimum Gasteiger partial charge on any atom is -0.356 e. The van der Waals surface area contributed by atoms with Crippen LogP contribution >= 0.6 is 0 Å². The van der Waals surface area contributed by atoms with Crippen LogP contribution in [-0.4, -0.2) is 67.8 Å². The van der Waals surface area contributed by atoms with Crippen LogP contribution in [-0.2, 0) is 4.79 Å². The quantitative estimate of drug-likeness (QED) is 0.582. The van der Waals surface area contributed by atoms with Crippen molar-refractivity contribution in [3.8, 4) is 0 Å². The van der Waals surface area contributed by atoms with Crippen LogP contribution in [0.15, 0.2) is 24.3 Å². The molecule has 1 N–H and O–H groups in total. The first-order valence-corrected chi connectivity index (χ1v) is 8.82. The largest absolute Gasteiger partial charge is 0.356 e. The van der Waals surface area contributed by atoms with Gasteiger partial charge in [0.2, 0.25) is 5.91 Å². The molecule has 1 amide bonds. The van der Waals surface area contributed by atoms with E-state index < -0.39 is 0 Å². The number of nitrogens with zero attached hydrogens (tertiary/aromatic N) is 2. The molecule has 0 unspecified atom stereocenters. The average molecular weight is 331 g/mol. The standard InChI is InChI=1S/C19H29N3O2/c1-16-4-6-17(7-5-16)18(23)8-9-19(24)20-10-3-11-22-14-12-21(2)13-15-22/h4-7H,3,8-15H2,1-2H3,(H,20,24). The molecule has 0 aromatic heterocycles. The van der Waals surface area contributed by atoms with E-state index in [9.17, 15) is 9.59 Å². The van der Waals surface area contributed by atoms with Gasteiger partial charge in [0, 0.05) is 51.1 Å². The Bertz CT molecular complexity index is 534. The first kappa shape index (κ1) is 18.6. The fourth-order valence-corrected chi connectivity index (χ4v) is 2.80. The maximum atomic E-state index is 12.0. The van der Waals surface area contributed by atoms with Crippen molar-refractivity contribution in [1.29, 1.82) is 0 Å². The Kier molecular flexibility index (Phi) is 7.40. The fraction of sp³-hybridized carbons (Fsp3) is 0.579. The van der Waals surface area contributed by atoms with Gasteiger partial charge >= 0.3 is 0 Å². The Hall–Kier alpha value is -1.72. The highest BCUT2D eigenvalue weighted by Crippen LogP contribution is 2.07. The Morgan fingerprint density at radius 2 is 1.71 bits per heavy atom. The molecule has 1 aromatic carbocycles. The second-order valence-electron chi connectivity index (χ2n) is 6.64. The van der Waals surface area contributed by atoms with Crippen molar-refractivity contribution in [3.05, 3.63) is 35.4 Å². The highest BCUT2D eigenvalue weighted by Gasteiger charge is 2.13. The maximum absolute atomic E-state index is 12.0. The lowest BCUT2D eigenvalue weighted by Crippen LogP contribution is -2.45. The number of ketones is 1. The van der Waals surface area contributed by atoms with Crippen molar-refractivity contribution in [3.63, 3.8) is 0 Å². The van der Waals surface area contributed by atoms with Gasteiger partial charge in [-0.2, -0.15) is 0 Å². The Labute approximate surface area is 145 Å². The number of hydrogen-bond acceptors (Lipinski definition) is 4. The molecule has 1 aliphatic heterocycles. The number of likely N-dealkylation sites (N-methyl/N-ethyl adjacent to an activating group) is 1. The molecule has 5 heteroatoms. The van der Waals surface area contributed by atoms with E-state index in [0.717, 1.165) is 44.7 Å². The molecular formula is C19H29N3O2. The van der Waals surface area contributed by atoms with Crippen LogP contribution in [0.4, 0.5) is 0 Å². The van der Waals surface area contributed by atoms with E-state index in [1.165, 1.54) is 0 Å². The summed E-state index contributed by atoms with van der Waals surface area (Å²) in [6, 6.07) is 7.49. The van der Waals surface area contributed by atoms with Gasteiger partial charge in [0.15, 0.2) is 5.78 Å². The Balaban J connectivity index is 1.56. The number of benzene rings is 1. The van der Waals surface area contributed by atoms with Gasteiger partial charge in [-0.25, -0.2) is 0 Å². The minimum absolute atomic E-state index is 0.0302. The summed E-state index contributed by atoms with van der Waals surface area (Å²) in [6.07, 6.45) is 1.50. The molecule has 0 radical (unpaired) electrons. The van der Waals surface area contributed by atoms with E-state index in [4.69, 9.17) is 0 Å². The molecule has 132 valence electrons. The van der Waals surface area contributed by atoms with Crippen LogP contribution in [0, 0.1) is 6.92 Å². The summed E-state index contributed by atoms with van der Waals surface area (Å²) >= 11 is 0. The molecule has 2 rings (SSSR count). The van der Waals surface area contributed by atoms with E-state index in [0.29, 0.717) is 12.1 Å². The number of carbonyl (C=O) groups is 2. The van der Waals surface area contributed by atoms with Crippen molar-refractivity contribution < 1.29 is 9.59 Å². The minimum atomic E-state index is -0.0335. The molecule has 1 fully saturated rings. The van der Waals surface area contributed by atoms with Crippen molar-refractivity contribution in [1.82, 2.24) is 15.1 Å². The number of amides is 1. The number of aryl methyl sites for hydroxylation is 1. The second kappa shape index (κ2) is 9.55. The molecule has 0 spiro atoms. The molecule has 1 aromatic rings. The number of carbonyl (C=O) groups excluding carboxylic acids is 2. The van der Waals surface area contributed by atoms with Crippen LogP contribution in [0.5, 0.6) is 0 Å². The predicted octanol–water partition coefficient (Wildman–Crippen LogP) is 1.71. The third-order valence-corrected chi connectivity index (χ3v) is 4.52. The van der Waals surface area contributed by atoms with Gasteiger partial charge in [-0.1, -0.05) is 29.8 Å². The van der Waals surface area contributed by atoms with Gasteiger partial charge < -0.3 is 15.1 Å². The molecule has 1 saturated heterocycles. The first-order valence-electron chi connectivity index (χ1n) is 8.82. The van der Waals surface area contributed by atoms with Gasteiger partial charge in [0.05, 0.1) is 0 Å². The third-order valence-electron chi connectivity index (χ3n) is 4.52. The topological polar surface area (TPSA) is 52.7 Å². The number of rotatable bonds is 8. The van der Waals surface area contributed by atoms with Crippen molar-refractivity contribution >= 4 is 11.7 Å². The zero-order chi connectivity index (χ0) is 17.4. The molecule has 0 saturated carbocycles. The maximum Gasteiger partial charge on any atom is 0.220 e. The van der Waals surface area contributed by atoms with Crippen LogP contribution in [0.3, 0.4) is 0 Å². The van der Waals surface area contributed by atoms with Crippen molar-refractivity contribution in [2.24, 2.45) is 0 Å². The van der Waals surface area contributed by atoms with Crippen molar-refractivity contribution in [2.75, 3.05) is 46.3 Å². The zero-order valence-corrected chi connectivity index (χ0v) is 14.9. The predicted molar refractivity (Wildman–Crippen MR) is 96.3 cm³/mol. The number of piperazine rings is 1. The average Bonchev–Trinajstić information content (AvgIpc) is 2.59. The number of Topliss-reactive ketones (excluding diaryl/α,β-unsaturated/α-hetero) is 1. The van der Waals surface area contributed by atoms with E-state index in [2.05, 4.69) is 22.2 Å². The summed E-state index contributed by atoms with van der Waals surface area (Å²) in [6.45, 7) is 8.15. The van der Waals surface area contributed by atoms with Gasteiger partial charge in [-0.3, -0.25) is 9.59 Å². The molecule has 1 heterocycles. The van der Waals surface area contributed by atoms with Gasteiger partial charge in [-0.15, -0.1) is 0 Å². The highest BCUT2D eigenvalue weighted by atomic mass is 16.2. The summed E-state index contributed by atoms with van der Waals surface area (Å²) in [5.74, 6) is -0.00331. The molecular weight excluding hydrogens is 302 g/mol. The SMILES string of the molecule is Cc1ccc(C(=O)CCC(=O)NCCCN2CCN(C)CC2)cc1.